The Morgan fingerprint density at radius 2 is 1.88 bits per heavy atom. The average molecular weight is 461 g/mol. The zero-order chi connectivity index (χ0) is 23.6. The number of carbonyl (C=O) groups is 1. The molecule has 2 N–H and O–H groups in total. The summed E-state index contributed by atoms with van der Waals surface area (Å²) in [4.78, 5) is 21.8. The van der Waals surface area contributed by atoms with Gasteiger partial charge in [0.1, 0.15) is 11.4 Å². The maximum Gasteiger partial charge on any atom is 0.573 e. The highest BCUT2D eigenvalue weighted by molar-refractivity contribution is 5.94. The molecule has 2 heterocycles. The van der Waals surface area contributed by atoms with Gasteiger partial charge in [0.05, 0.1) is 29.6 Å². The Labute approximate surface area is 187 Å². The van der Waals surface area contributed by atoms with Gasteiger partial charge in [-0.15, -0.1) is 13.2 Å². The van der Waals surface area contributed by atoms with Gasteiger partial charge in [0.2, 0.25) is 0 Å². The lowest BCUT2D eigenvalue weighted by Crippen LogP contribution is -2.45. The van der Waals surface area contributed by atoms with Gasteiger partial charge in [-0.25, -0.2) is 9.97 Å². The Balaban J connectivity index is 1.67. The smallest absolute Gasteiger partial charge is 0.406 e. The van der Waals surface area contributed by atoms with Crippen molar-refractivity contribution in [2.75, 3.05) is 0 Å². The summed E-state index contributed by atoms with van der Waals surface area (Å²) >= 11 is 0. The first-order valence-corrected chi connectivity index (χ1v) is 10.4. The van der Waals surface area contributed by atoms with Crippen molar-refractivity contribution in [3.63, 3.8) is 0 Å². The van der Waals surface area contributed by atoms with Gasteiger partial charge in [-0.1, -0.05) is 12.8 Å². The SMILES string of the molecule is Cn1cc(-c2nc(C(=O)N[C@@H]3CCCC[C@H]3O)cc(-c3ccc(OC(F)(F)F)cc3)n2)cn1. The maximum atomic E-state index is 13.0. The second kappa shape index (κ2) is 9.18. The molecule has 0 unspecified atom stereocenters. The predicted molar refractivity (Wildman–Crippen MR) is 112 cm³/mol. The molecule has 8 nitrogen and oxygen atoms in total. The van der Waals surface area contributed by atoms with Crippen LogP contribution in [-0.4, -0.2) is 49.3 Å². The van der Waals surface area contributed by atoms with Crippen LogP contribution >= 0.6 is 0 Å². The topological polar surface area (TPSA) is 102 Å². The van der Waals surface area contributed by atoms with Crippen LogP contribution in [0.5, 0.6) is 5.75 Å². The van der Waals surface area contributed by atoms with Crippen LogP contribution in [0.3, 0.4) is 0 Å². The van der Waals surface area contributed by atoms with E-state index >= 15 is 0 Å². The first-order valence-electron chi connectivity index (χ1n) is 10.4. The molecule has 1 aliphatic rings. The largest absolute Gasteiger partial charge is 0.573 e. The second-order valence-electron chi connectivity index (χ2n) is 7.87. The maximum absolute atomic E-state index is 13.0. The van der Waals surface area contributed by atoms with Crippen molar-refractivity contribution >= 4 is 5.91 Å². The van der Waals surface area contributed by atoms with Crippen LogP contribution in [0.1, 0.15) is 36.2 Å². The Morgan fingerprint density at radius 1 is 1.15 bits per heavy atom. The average Bonchev–Trinajstić information content (AvgIpc) is 3.21. The fourth-order valence-electron chi connectivity index (χ4n) is 3.73. The number of alkyl halides is 3. The van der Waals surface area contributed by atoms with Crippen LogP contribution in [0.25, 0.3) is 22.6 Å². The van der Waals surface area contributed by atoms with E-state index in [9.17, 15) is 23.1 Å². The summed E-state index contributed by atoms with van der Waals surface area (Å²) in [5.41, 5.74) is 1.47. The number of halogens is 3. The van der Waals surface area contributed by atoms with Crippen molar-refractivity contribution in [1.29, 1.82) is 0 Å². The van der Waals surface area contributed by atoms with E-state index in [4.69, 9.17) is 0 Å². The molecule has 3 aromatic rings. The third-order valence-corrected chi connectivity index (χ3v) is 5.35. The molecule has 1 aliphatic carbocycles. The van der Waals surface area contributed by atoms with Crippen molar-refractivity contribution in [2.24, 2.45) is 7.05 Å². The van der Waals surface area contributed by atoms with E-state index in [1.54, 1.807) is 24.1 Å². The number of benzene rings is 1. The number of ether oxygens (including phenoxy) is 1. The number of nitrogens with one attached hydrogen (secondary N) is 1. The molecule has 4 rings (SSSR count). The number of aliphatic hydroxyl groups excluding tert-OH is 1. The van der Waals surface area contributed by atoms with Gasteiger partial charge in [0.25, 0.3) is 5.91 Å². The van der Waals surface area contributed by atoms with Crippen LogP contribution in [0.2, 0.25) is 0 Å². The van der Waals surface area contributed by atoms with Crippen molar-refractivity contribution < 1.29 is 27.8 Å². The van der Waals surface area contributed by atoms with E-state index in [2.05, 4.69) is 25.1 Å². The summed E-state index contributed by atoms with van der Waals surface area (Å²) in [5, 5.41) is 17.1. The number of hydrogen-bond donors (Lipinski definition) is 2. The highest BCUT2D eigenvalue weighted by atomic mass is 19.4. The van der Waals surface area contributed by atoms with Crippen LogP contribution < -0.4 is 10.1 Å². The molecule has 0 aliphatic heterocycles. The molecule has 174 valence electrons. The normalized spacial score (nSPS) is 18.7. The summed E-state index contributed by atoms with van der Waals surface area (Å²) < 4.78 is 42.8. The summed E-state index contributed by atoms with van der Waals surface area (Å²) in [7, 11) is 1.73. The minimum absolute atomic E-state index is 0.0762. The number of hydrogen-bond acceptors (Lipinski definition) is 6. The van der Waals surface area contributed by atoms with Gasteiger partial charge < -0.3 is 15.2 Å². The number of nitrogens with zero attached hydrogens (tertiary/aromatic N) is 4. The quantitative estimate of drug-likeness (QED) is 0.603. The summed E-state index contributed by atoms with van der Waals surface area (Å²) in [6.07, 6.45) is 0.919. The van der Waals surface area contributed by atoms with Crippen LogP contribution in [0, 0.1) is 0 Å². The zero-order valence-corrected chi connectivity index (χ0v) is 17.7. The first kappa shape index (κ1) is 22.7. The van der Waals surface area contributed by atoms with Gasteiger partial charge >= 0.3 is 6.36 Å². The highest BCUT2D eigenvalue weighted by Crippen LogP contribution is 2.27. The minimum atomic E-state index is -4.79. The molecule has 0 radical (unpaired) electrons. The van der Waals surface area contributed by atoms with E-state index in [0.29, 0.717) is 29.7 Å². The molecule has 33 heavy (non-hydrogen) atoms. The highest BCUT2D eigenvalue weighted by Gasteiger charge is 2.31. The van der Waals surface area contributed by atoms with Crippen molar-refractivity contribution in [3.8, 4) is 28.4 Å². The number of aliphatic hydroxyl groups is 1. The van der Waals surface area contributed by atoms with Crippen molar-refractivity contribution in [3.05, 3.63) is 48.4 Å². The molecule has 0 bridgehead atoms. The molecular weight excluding hydrogens is 439 g/mol. The molecule has 1 fully saturated rings. The number of amides is 1. The third-order valence-electron chi connectivity index (χ3n) is 5.35. The number of carbonyl (C=O) groups excluding carboxylic acids is 1. The molecule has 0 spiro atoms. The Kier molecular flexibility index (Phi) is 6.32. The van der Waals surface area contributed by atoms with E-state index < -0.39 is 18.4 Å². The first-order chi connectivity index (χ1) is 15.7. The Bertz CT molecular complexity index is 1130. The van der Waals surface area contributed by atoms with Crippen LogP contribution in [0.15, 0.2) is 42.7 Å². The molecule has 1 saturated carbocycles. The molecule has 2 atom stereocenters. The third kappa shape index (κ3) is 5.67. The number of rotatable bonds is 5. The van der Waals surface area contributed by atoms with E-state index in [0.717, 1.165) is 12.8 Å². The Morgan fingerprint density at radius 3 is 2.52 bits per heavy atom. The lowest BCUT2D eigenvalue weighted by molar-refractivity contribution is -0.274. The molecule has 2 aromatic heterocycles. The molecule has 1 aromatic carbocycles. The minimum Gasteiger partial charge on any atom is -0.406 e. The van der Waals surface area contributed by atoms with E-state index in [-0.39, 0.29) is 23.3 Å². The van der Waals surface area contributed by atoms with Crippen LogP contribution in [0.4, 0.5) is 13.2 Å². The predicted octanol–water partition coefficient (Wildman–Crippen LogP) is 3.48. The van der Waals surface area contributed by atoms with Gasteiger partial charge in [0.15, 0.2) is 5.82 Å². The second-order valence-corrected chi connectivity index (χ2v) is 7.87. The van der Waals surface area contributed by atoms with Gasteiger partial charge in [-0.2, -0.15) is 5.10 Å². The summed E-state index contributed by atoms with van der Waals surface area (Å²) in [5.74, 6) is -0.589. The van der Waals surface area contributed by atoms with Crippen molar-refractivity contribution in [1.82, 2.24) is 25.1 Å². The summed E-state index contributed by atoms with van der Waals surface area (Å²) in [6, 6.07) is 6.28. The Hall–Kier alpha value is -3.47. The lowest BCUT2D eigenvalue weighted by atomic mass is 9.92. The number of aromatic nitrogens is 4. The summed E-state index contributed by atoms with van der Waals surface area (Å²) in [6.45, 7) is 0. The lowest BCUT2D eigenvalue weighted by Gasteiger charge is -2.28. The number of aryl methyl sites for hydroxylation is 1. The van der Waals surface area contributed by atoms with Gasteiger partial charge in [-0.05, 0) is 43.2 Å². The fraction of sp³-hybridized carbons (Fsp3) is 0.364. The molecule has 0 saturated heterocycles. The molecular formula is C22H22F3N5O3. The molecule has 11 heteroatoms. The molecule has 1 amide bonds. The van der Waals surface area contributed by atoms with E-state index in [1.165, 1.54) is 30.3 Å². The van der Waals surface area contributed by atoms with Gasteiger partial charge in [0, 0.05) is 18.8 Å². The van der Waals surface area contributed by atoms with Crippen LogP contribution in [-0.2, 0) is 7.05 Å². The van der Waals surface area contributed by atoms with Gasteiger partial charge in [-0.3, -0.25) is 9.48 Å². The fourth-order valence-corrected chi connectivity index (χ4v) is 3.73. The van der Waals surface area contributed by atoms with Crippen molar-refractivity contribution in [2.45, 2.75) is 44.2 Å². The standard InChI is InChI=1S/C22H22F3N5O3/c1-30-12-14(11-26-30)20-27-17(13-6-8-15(9-7-13)33-22(23,24)25)10-18(28-20)21(32)29-16-4-2-3-5-19(16)31/h6-12,16,19,31H,2-5H2,1H3,(H,29,32)/t16-,19-/m1/s1. The monoisotopic (exact) mass is 461 g/mol. The zero-order valence-electron chi connectivity index (χ0n) is 17.7. The van der Waals surface area contributed by atoms with E-state index in [1.807, 2.05) is 0 Å².